The summed E-state index contributed by atoms with van der Waals surface area (Å²) in [4.78, 5) is 4.30. The number of hydrogen-bond donors (Lipinski definition) is 0. The Balaban J connectivity index is 2.26. The molecule has 0 amide bonds. The number of nitrogens with zero attached hydrogens (tertiary/aromatic N) is 1. The lowest BCUT2D eigenvalue weighted by atomic mass is 9.99. The summed E-state index contributed by atoms with van der Waals surface area (Å²) in [5, 5.41) is -0.221. The first-order chi connectivity index (χ1) is 8.09. The largest absolute Gasteiger partial charge is 0.261 e. The van der Waals surface area contributed by atoms with Crippen molar-refractivity contribution < 1.29 is 0 Å². The summed E-state index contributed by atoms with van der Waals surface area (Å²) in [5.74, 6) is 0.0843. The molecule has 0 N–H and O–H groups in total. The highest BCUT2D eigenvalue weighted by Gasteiger charge is 2.23. The fraction of sp³-hybridized carbons (Fsp3) is 0.250. The van der Waals surface area contributed by atoms with Crippen LogP contribution in [0.3, 0.4) is 0 Å². The number of rotatable bonds is 3. The van der Waals surface area contributed by atoms with Gasteiger partial charge in [0.25, 0.3) is 0 Å². The van der Waals surface area contributed by atoms with E-state index in [1.54, 1.807) is 6.20 Å². The van der Waals surface area contributed by atoms with E-state index in [-0.39, 0.29) is 11.3 Å². The van der Waals surface area contributed by atoms with Crippen LogP contribution >= 0.6 is 46.1 Å². The van der Waals surface area contributed by atoms with Crippen molar-refractivity contribution in [2.24, 2.45) is 0 Å². The van der Waals surface area contributed by atoms with E-state index in [4.69, 9.17) is 34.8 Å². The van der Waals surface area contributed by atoms with Gasteiger partial charge >= 0.3 is 0 Å². The van der Waals surface area contributed by atoms with Gasteiger partial charge in [-0.15, -0.1) is 22.9 Å². The summed E-state index contributed by atoms with van der Waals surface area (Å²) < 4.78 is 1.31. The summed E-state index contributed by atoms with van der Waals surface area (Å²) >= 11 is 19.8. The fourth-order valence-corrected chi connectivity index (χ4v) is 3.58. The van der Waals surface area contributed by atoms with Gasteiger partial charge in [-0.25, -0.2) is 0 Å². The van der Waals surface area contributed by atoms with Crippen LogP contribution in [0.2, 0.25) is 8.67 Å². The molecule has 0 fully saturated rings. The lowest BCUT2D eigenvalue weighted by molar-refractivity contribution is 0.708. The van der Waals surface area contributed by atoms with Crippen molar-refractivity contribution in [3.05, 3.63) is 50.4 Å². The van der Waals surface area contributed by atoms with Crippen molar-refractivity contribution in [3.63, 3.8) is 0 Å². The van der Waals surface area contributed by atoms with Crippen molar-refractivity contribution in [1.29, 1.82) is 0 Å². The topological polar surface area (TPSA) is 12.9 Å². The Hall–Kier alpha value is -0.280. The maximum absolute atomic E-state index is 6.43. The van der Waals surface area contributed by atoms with Crippen molar-refractivity contribution in [1.82, 2.24) is 4.98 Å². The van der Waals surface area contributed by atoms with Gasteiger partial charge in [0, 0.05) is 23.4 Å². The van der Waals surface area contributed by atoms with E-state index in [0.29, 0.717) is 8.67 Å². The molecule has 2 heterocycles. The summed E-state index contributed by atoms with van der Waals surface area (Å²) in [5.41, 5.74) is 1.83. The second-order valence-corrected chi connectivity index (χ2v) is 6.48. The van der Waals surface area contributed by atoms with Crippen LogP contribution in [0.15, 0.2) is 30.5 Å². The van der Waals surface area contributed by atoms with Gasteiger partial charge in [0.1, 0.15) is 0 Å². The standard InChI is InChI=1S/C12H10Cl3NS/c1-7(9-4-2-3-5-16-9)11(14)8-6-10(13)17-12(8)15/h2-7,11H,1H3. The molecule has 0 spiro atoms. The molecule has 2 unspecified atom stereocenters. The molecule has 90 valence electrons. The average molecular weight is 307 g/mol. The molecule has 1 nitrogen and oxygen atoms in total. The maximum Gasteiger partial charge on any atom is 0.0991 e. The van der Waals surface area contributed by atoms with Gasteiger partial charge in [-0.3, -0.25) is 4.98 Å². The van der Waals surface area contributed by atoms with Crippen LogP contribution in [0.4, 0.5) is 0 Å². The molecule has 0 aliphatic heterocycles. The first kappa shape index (κ1) is 13.2. The van der Waals surface area contributed by atoms with Crippen LogP contribution in [0.1, 0.15) is 29.5 Å². The minimum absolute atomic E-state index is 0.0843. The molecule has 2 atom stereocenters. The van der Waals surface area contributed by atoms with Crippen molar-refractivity contribution in [2.45, 2.75) is 18.2 Å². The first-order valence-corrected chi connectivity index (χ1v) is 7.10. The molecule has 0 bridgehead atoms. The van der Waals surface area contributed by atoms with E-state index in [9.17, 15) is 0 Å². The number of pyridine rings is 1. The molecule has 0 aliphatic carbocycles. The van der Waals surface area contributed by atoms with E-state index in [2.05, 4.69) is 4.98 Å². The second kappa shape index (κ2) is 5.57. The van der Waals surface area contributed by atoms with Gasteiger partial charge in [0.15, 0.2) is 0 Å². The Kier molecular flexibility index (Phi) is 4.31. The highest BCUT2D eigenvalue weighted by Crippen LogP contribution is 2.43. The third-order valence-corrected chi connectivity index (χ3v) is 4.70. The smallest absolute Gasteiger partial charge is 0.0991 e. The van der Waals surface area contributed by atoms with Crippen LogP contribution in [-0.4, -0.2) is 4.98 Å². The van der Waals surface area contributed by atoms with Crippen LogP contribution in [0.5, 0.6) is 0 Å². The fourth-order valence-electron chi connectivity index (χ4n) is 1.61. The zero-order valence-electron chi connectivity index (χ0n) is 9.03. The van der Waals surface area contributed by atoms with Gasteiger partial charge in [-0.1, -0.05) is 36.2 Å². The molecule has 0 saturated heterocycles. The molecule has 0 aromatic carbocycles. The Morgan fingerprint density at radius 3 is 2.59 bits per heavy atom. The quantitative estimate of drug-likeness (QED) is 0.679. The number of hydrogen-bond acceptors (Lipinski definition) is 2. The lowest BCUT2D eigenvalue weighted by Gasteiger charge is -2.16. The second-order valence-electron chi connectivity index (χ2n) is 3.72. The molecule has 2 aromatic heterocycles. The molecule has 0 radical (unpaired) electrons. The van der Waals surface area contributed by atoms with Gasteiger partial charge in [0.05, 0.1) is 14.0 Å². The normalized spacial score (nSPS) is 14.6. The molecule has 0 saturated carbocycles. The minimum atomic E-state index is -0.221. The lowest BCUT2D eigenvalue weighted by Crippen LogP contribution is -2.03. The van der Waals surface area contributed by atoms with E-state index >= 15 is 0 Å². The SMILES string of the molecule is CC(c1ccccn1)C(Cl)c1cc(Cl)sc1Cl. The third kappa shape index (κ3) is 2.94. The van der Waals surface area contributed by atoms with Crippen molar-refractivity contribution in [3.8, 4) is 0 Å². The summed E-state index contributed by atoms with van der Waals surface area (Å²) in [6.45, 7) is 2.03. The number of aromatic nitrogens is 1. The molecule has 17 heavy (non-hydrogen) atoms. The van der Waals surface area contributed by atoms with Gasteiger partial charge in [-0.2, -0.15) is 0 Å². The zero-order chi connectivity index (χ0) is 12.4. The van der Waals surface area contributed by atoms with Crippen LogP contribution in [-0.2, 0) is 0 Å². The number of alkyl halides is 1. The molecular formula is C12H10Cl3NS. The Labute approximate surface area is 119 Å². The van der Waals surface area contributed by atoms with Crippen LogP contribution < -0.4 is 0 Å². The minimum Gasteiger partial charge on any atom is -0.261 e. The summed E-state index contributed by atoms with van der Waals surface area (Å²) in [6, 6.07) is 7.62. The predicted octanol–water partition coefficient (Wildman–Crippen LogP) is 5.53. The van der Waals surface area contributed by atoms with E-state index < -0.39 is 0 Å². The van der Waals surface area contributed by atoms with Gasteiger partial charge < -0.3 is 0 Å². The molecule has 2 aromatic rings. The van der Waals surface area contributed by atoms with Gasteiger partial charge in [-0.05, 0) is 18.2 Å². The Morgan fingerprint density at radius 1 is 1.29 bits per heavy atom. The molecule has 2 rings (SSSR count). The van der Waals surface area contributed by atoms with E-state index in [1.165, 1.54) is 11.3 Å². The van der Waals surface area contributed by atoms with Crippen molar-refractivity contribution >= 4 is 46.1 Å². The third-order valence-electron chi connectivity index (χ3n) is 2.57. The average Bonchev–Trinajstić information content (AvgIpc) is 2.68. The Bertz CT molecular complexity index is 498. The van der Waals surface area contributed by atoms with Crippen molar-refractivity contribution in [2.75, 3.05) is 0 Å². The van der Waals surface area contributed by atoms with E-state index in [1.807, 2.05) is 31.2 Å². The van der Waals surface area contributed by atoms with Crippen LogP contribution in [0, 0.1) is 0 Å². The number of thiophene rings is 1. The maximum atomic E-state index is 6.43. The summed E-state index contributed by atoms with van der Waals surface area (Å²) in [6.07, 6.45) is 1.76. The van der Waals surface area contributed by atoms with Crippen LogP contribution in [0.25, 0.3) is 0 Å². The Morgan fingerprint density at radius 2 is 2.06 bits per heavy atom. The first-order valence-electron chi connectivity index (χ1n) is 5.09. The molecular weight excluding hydrogens is 297 g/mol. The van der Waals surface area contributed by atoms with E-state index in [0.717, 1.165) is 11.3 Å². The molecule has 5 heteroatoms. The monoisotopic (exact) mass is 305 g/mol. The highest BCUT2D eigenvalue weighted by atomic mass is 35.5. The highest BCUT2D eigenvalue weighted by molar-refractivity contribution is 7.20. The summed E-state index contributed by atoms with van der Waals surface area (Å²) in [7, 11) is 0. The number of halogens is 3. The van der Waals surface area contributed by atoms with Gasteiger partial charge in [0.2, 0.25) is 0 Å². The predicted molar refractivity (Wildman–Crippen MR) is 75.6 cm³/mol. The molecule has 0 aliphatic rings. The zero-order valence-corrected chi connectivity index (χ0v) is 12.1.